The monoisotopic (exact) mass is 369 g/mol. The van der Waals surface area contributed by atoms with Gasteiger partial charge in [0, 0.05) is 31.6 Å². The number of rotatable bonds is 4. The van der Waals surface area contributed by atoms with Crippen LogP contribution in [0.3, 0.4) is 0 Å². The zero-order chi connectivity index (χ0) is 18.9. The first-order chi connectivity index (χ1) is 13.1. The largest absolute Gasteiger partial charge is 0.497 e. The molecule has 2 aromatic carbocycles. The molecule has 5 heteroatoms. The van der Waals surface area contributed by atoms with Crippen LogP contribution in [0.25, 0.3) is 0 Å². The number of hydrogen-bond donors (Lipinski definition) is 2. The highest BCUT2D eigenvalue weighted by Gasteiger charge is 2.43. The highest BCUT2D eigenvalue weighted by atomic mass is 16.5. The molecule has 4 rings (SSSR count). The average Bonchev–Trinajstić information content (AvgIpc) is 2.70. The molecule has 0 aromatic heterocycles. The number of hydrogen-bond acceptors (Lipinski definition) is 5. The van der Waals surface area contributed by atoms with Crippen LogP contribution in [0.4, 0.5) is 0 Å². The summed E-state index contributed by atoms with van der Waals surface area (Å²) in [5, 5.41) is 21.1. The molecule has 2 atom stereocenters. The zero-order valence-corrected chi connectivity index (χ0v) is 15.7. The van der Waals surface area contributed by atoms with E-state index in [1.54, 1.807) is 7.11 Å². The lowest BCUT2D eigenvalue weighted by atomic mass is 9.81. The normalized spacial score (nSPS) is 22.7. The summed E-state index contributed by atoms with van der Waals surface area (Å²) >= 11 is 0. The predicted octanol–water partition coefficient (Wildman–Crippen LogP) is 3.08. The highest BCUT2D eigenvalue weighted by molar-refractivity contribution is 5.43. The van der Waals surface area contributed by atoms with Crippen molar-refractivity contribution in [2.45, 2.75) is 37.1 Å². The zero-order valence-electron chi connectivity index (χ0n) is 15.7. The number of benzene rings is 2. The third kappa shape index (κ3) is 3.81. The minimum atomic E-state index is -0.537. The van der Waals surface area contributed by atoms with E-state index in [9.17, 15) is 10.2 Å². The molecule has 0 radical (unpaired) electrons. The molecule has 0 saturated carbocycles. The number of aliphatic hydroxyl groups is 2. The molecule has 1 spiro atoms. The summed E-state index contributed by atoms with van der Waals surface area (Å²) in [6.07, 6.45) is 1.27. The van der Waals surface area contributed by atoms with Gasteiger partial charge in [0.2, 0.25) is 0 Å². The standard InChI is InChI=1S/C22H27NO4/c1-26-17-7-8-21-18(13-17)19(24)14-22(27-21)9-11-23(12-10-22)15-20(25)16-5-3-2-4-6-16/h2-8,13,19-20,24-25H,9-12,14-15H2,1H3/t19-,20-/m0/s1. The van der Waals surface area contributed by atoms with Gasteiger partial charge in [0.15, 0.2) is 0 Å². The van der Waals surface area contributed by atoms with E-state index in [0.717, 1.165) is 48.6 Å². The quantitative estimate of drug-likeness (QED) is 0.867. The molecular formula is C22H27NO4. The maximum absolute atomic E-state index is 10.7. The molecule has 27 heavy (non-hydrogen) atoms. The van der Waals surface area contributed by atoms with E-state index in [4.69, 9.17) is 9.47 Å². The number of piperidine rings is 1. The van der Waals surface area contributed by atoms with E-state index in [1.807, 2.05) is 48.5 Å². The molecular weight excluding hydrogens is 342 g/mol. The Hall–Kier alpha value is -2.08. The van der Waals surface area contributed by atoms with Gasteiger partial charge in [-0.25, -0.2) is 0 Å². The fourth-order valence-electron chi connectivity index (χ4n) is 4.22. The van der Waals surface area contributed by atoms with E-state index in [2.05, 4.69) is 4.90 Å². The van der Waals surface area contributed by atoms with Crippen molar-refractivity contribution >= 4 is 0 Å². The highest BCUT2D eigenvalue weighted by Crippen LogP contribution is 2.45. The fraction of sp³-hybridized carbons (Fsp3) is 0.455. The molecule has 2 aromatic rings. The summed E-state index contributed by atoms with van der Waals surface area (Å²) in [6.45, 7) is 2.32. The number of likely N-dealkylation sites (tertiary alicyclic amines) is 1. The second-order valence-electron chi connectivity index (χ2n) is 7.64. The van der Waals surface area contributed by atoms with Crippen LogP contribution in [-0.2, 0) is 0 Å². The van der Waals surface area contributed by atoms with Crippen molar-refractivity contribution in [3.8, 4) is 11.5 Å². The number of fused-ring (bicyclic) bond motifs is 1. The Morgan fingerprint density at radius 1 is 1.19 bits per heavy atom. The van der Waals surface area contributed by atoms with E-state index in [0.29, 0.717) is 13.0 Å². The Kier molecular flexibility index (Phi) is 5.08. The van der Waals surface area contributed by atoms with Crippen molar-refractivity contribution in [2.75, 3.05) is 26.7 Å². The van der Waals surface area contributed by atoms with Gasteiger partial charge in [0.05, 0.1) is 19.3 Å². The van der Waals surface area contributed by atoms with Crippen LogP contribution in [0.1, 0.15) is 42.6 Å². The van der Waals surface area contributed by atoms with Gasteiger partial charge < -0.3 is 24.6 Å². The Labute approximate surface area is 160 Å². The average molecular weight is 369 g/mol. The van der Waals surface area contributed by atoms with Crippen molar-refractivity contribution in [3.05, 3.63) is 59.7 Å². The topological polar surface area (TPSA) is 62.2 Å². The Morgan fingerprint density at radius 2 is 1.93 bits per heavy atom. The van der Waals surface area contributed by atoms with Crippen molar-refractivity contribution in [2.24, 2.45) is 0 Å². The number of nitrogens with zero attached hydrogens (tertiary/aromatic N) is 1. The number of ether oxygens (including phenoxy) is 2. The molecule has 1 fully saturated rings. The molecule has 2 aliphatic heterocycles. The van der Waals surface area contributed by atoms with Gasteiger partial charge >= 0.3 is 0 Å². The summed E-state index contributed by atoms with van der Waals surface area (Å²) in [5.74, 6) is 1.49. The molecule has 2 N–H and O–H groups in total. The van der Waals surface area contributed by atoms with Crippen LogP contribution in [0.5, 0.6) is 11.5 Å². The maximum atomic E-state index is 10.7. The Bertz CT molecular complexity index is 771. The van der Waals surface area contributed by atoms with Crippen LogP contribution in [0, 0.1) is 0 Å². The van der Waals surface area contributed by atoms with E-state index in [-0.39, 0.29) is 5.60 Å². The summed E-state index contributed by atoms with van der Waals surface area (Å²) < 4.78 is 11.6. The summed E-state index contributed by atoms with van der Waals surface area (Å²) in [6, 6.07) is 15.4. The lowest BCUT2D eigenvalue weighted by Gasteiger charge is -2.46. The third-order valence-corrected chi connectivity index (χ3v) is 5.85. The molecule has 0 bridgehead atoms. The van der Waals surface area contributed by atoms with Crippen LogP contribution in [0.2, 0.25) is 0 Å². The van der Waals surface area contributed by atoms with Crippen LogP contribution >= 0.6 is 0 Å². The molecule has 2 aliphatic rings. The third-order valence-electron chi connectivity index (χ3n) is 5.85. The van der Waals surface area contributed by atoms with Gasteiger partial charge in [-0.15, -0.1) is 0 Å². The van der Waals surface area contributed by atoms with Crippen molar-refractivity contribution in [3.63, 3.8) is 0 Å². The second kappa shape index (κ2) is 7.50. The molecule has 2 heterocycles. The van der Waals surface area contributed by atoms with Gasteiger partial charge in [0.1, 0.15) is 17.1 Å². The minimum Gasteiger partial charge on any atom is -0.497 e. The Balaban J connectivity index is 1.40. The van der Waals surface area contributed by atoms with Crippen LogP contribution < -0.4 is 9.47 Å². The molecule has 144 valence electrons. The Morgan fingerprint density at radius 3 is 2.63 bits per heavy atom. The molecule has 5 nitrogen and oxygen atoms in total. The van der Waals surface area contributed by atoms with Gasteiger partial charge in [0.25, 0.3) is 0 Å². The van der Waals surface area contributed by atoms with Gasteiger partial charge in [-0.05, 0) is 36.6 Å². The van der Waals surface area contributed by atoms with Gasteiger partial charge in [-0.2, -0.15) is 0 Å². The second-order valence-corrected chi connectivity index (χ2v) is 7.64. The maximum Gasteiger partial charge on any atom is 0.126 e. The van der Waals surface area contributed by atoms with Gasteiger partial charge in [-0.3, -0.25) is 0 Å². The molecule has 1 saturated heterocycles. The predicted molar refractivity (Wildman–Crippen MR) is 103 cm³/mol. The van der Waals surface area contributed by atoms with E-state index < -0.39 is 12.2 Å². The van der Waals surface area contributed by atoms with E-state index >= 15 is 0 Å². The number of β-amino-alcohol motifs (C(OH)–C–C–N with tert-alkyl or cyclic N) is 1. The first kappa shape index (κ1) is 18.3. The molecule has 0 amide bonds. The summed E-state index contributed by atoms with van der Waals surface area (Å²) in [4.78, 5) is 2.28. The lowest BCUT2D eigenvalue weighted by molar-refractivity contribution is -0.0588. The lowest BCUT2D eigenvalue weighted by Crippen LogP contribution is -2.51. The number of methoxy groups -OCH3 is 1. The van der Waals surface area contributed by atoms with E-state index in [1.165, 1.54) is 0 Å². The summed E-state index contributed by atoms with van der Waals surface area (Å²) in [5.41, 5.74) is 1.43. The SMILES string of the molecule is COc1ccc2c(c1)[C@@H](O)CC1(CCN(C[C@H](O)c3ccccc3)CC1)O2. The summed E-state index contributed by atoms with van der Waals surface area (Å²) in [7, 11) is 1.62. The number of aliphatic hydroxyl groups excluding tert-OH is 2. The smallest absolute Gasteiger partial charge is 0.126 e. The van der Waals surface area contributed by atoms with Crippen LogP contribution in [-0.4, -0.2) is 47.5 Å². The first-order valence-electron chi connectivity index (χ1n) is 9.59. The van der Waals surface area contributed by atoms with Crippen molar-refractivity contribution < 1.29 is 19.7 Å². The van der Waals surface area contributed by atoms with Crippen molar-refractivity contribution in [1.82, 2.24) is 4.90 Å². The minimum absolute atomic E-state index is 0.324. The van der Waals surface area contributed by atoms with Crippen LogP contribution in [0.15, 0.2) is 48.5 Å². The first-order valence-corrected chi connectivity index (χ1v) is 9.59. The fourth-order valence-corrected chi connectivity index (χ4v) is 4.22. The van der Waals surface area contributed by atoms with Gasteiger partial charge in [-0.1, -0.05) is 30.3 Å². The molecule has 0 unspecified atom stereocenters. The molecule has 0 aliphatic carbocycles. The van der Waals surface area contributed by atoms with Crippen molar-refractivity contribution in [1.29, 1.82) is 0 Å².